The van der Waals surface area contributed by atoms with Crippen LogP contribution in [0.3, 0.4) is 0 Å². The van der Waals surface area contributed by atoms with Crippen molar-refractivity contribution >= 4 is 11.6 Å². The van der Waals surface area contributed by atoms with Crippen molar-refractivity contribution < 1.29 is 9.53 Å². The number of rotatable bonds is 6. The van der Waals surface area contributed by atoms with E-state index in [2.05, 4.69) is 40.5 Å². The van der Waals surface area contributed by atoms with E-state index in [4.69, 9.17) is 4.74 Å². The highest BCUT2D eigenvalue weighted by Gasteiger charge is 2.22. The molecule has 0 radical (unpaired) electrons. The quantitative estimate of drug-likeness (QED) is 0.878. The van der Waals surface area contributed by atoms with Gasteiger partial charge < -0.3 is 15.0 Å². The van der Waals surface area contributed by atoms with E-state index in [0.29, 0.717) is 12.5 Å². The number of hydrogen-bond donors (Lipinski definition) is 1. The average molecular weight is 338 g/mol. The second-order valence-corrected chi connectivity index (χ2v) is 6.85. The van der Waals surface area contributed by atoms with Crippen LogP contribution in [0.25, 0.3) is 0 Å². The highest BCUT2D eigenvalue weighted by Crippen LogP contribution is 2.23. The van der Waals surface area contributed by atoms with Crippen molar-refractivity contribution in [3.05, 3.63) is 59.7 Å². The third-order valence-corrected chi connectivity index (χ3v) is 4.56. The van der Waals surface area contributed by atoms with E-state index < -0.39 is 0 Å². The molecule has 4 nitrogen and oxygen atoms in total. The van der Waals surface area contributed by atoms with Crippen molar-refractivity contribution in [3.63, 3.8) is 0 Å². The lowest BCUT2D eigenvalue weighted by atomic mass is 10.1. The van der Waals surface area contributed by atoms with E-state index in [0.717, 1.165) is 36.4 Å². The highest BCUT2D eigenvalue weighted by molar-refractivity contribution is 5.77. The fourth-order valence-electron chi connectivity index (χ4n) is 3.35. The summed E-state index contributed by atoms with van der Waals surface area (Å²) in [4.78, 5) is 14.4. The summed E-state index contributed by atoms with van der Waals surface area (Å²) >= 11 is 0. The van der Waals surface area contributed by atoms with Crippen molar-refractivity contribution in [1.29, 1.82) is 0 Å². The molecule has 1 aliphatic heterocycles. The van der Waals surface area contributed by atoms with Gasteiger partial charge in [0.2, 0.25) is 0 Å². The Morgan fingerprint density at radius 3 is 2.60 bits per heavy atom. The summed E-state index contributed by atoms with van der Waals surface area (Å²) < 4.78 is 5.61. The van der Waals surface area contributed by atoms with Crippen LogP contribution < -0.4 is 15.0 Å². The second kappa shape index (κ2) is 8.06. The number of nitrogens with one attached hydrogen (secondary N) is 1. The van der Waals surface area contributed by atoms with Gasteiger partial charge in [-0.1, -0.05) is 24.3 Å². The van der Waals surface area contributed by atoms with Gasteiger partial charge in [-0.05, 0) is 61.6 Å². The normalized spacial score (nSPS) is 16.7. The van der Waals surface area contributed by atoms with Gasteiger partial charge in [-0.3, -0.25) is 4.79 Å². The lowest BCUT2D eigenvalue weighted by molar-refractivity contribution is -0.123. The molecule has 1 aliphatic rings. The van der Waals surface area contributed by atoms with E-state index >= 15 is 0 Å². The highest BCUT2D eigenvalue weighted by atomic mass is 16.5. The number of carbonyl (C=O) groups excluding carboxylic acids is 1. The van der Waals surface area contributed by atoms with E-state index in [9.17, 15) is 4.79 Å². The molecule has 132 valence electrons. The van der Waals surface area contributed by atoms with Crippen LogP contribution in [-0.4, -0.2) is 32.1 Å². The first-order chi connectivity index (χ1) is 12.1. The van der Waals surface area contributed by atoms with Crippen LogP contribution in [0.1, 0.15) is 17.5 Å². The van der Waals surface area contributed by atoms with Crippen LogP contribution in [0.15, 0.2) is 48.5 Å². The number of benzene rings is 2. The van der Waals surface area contributed by atoms with Crippen LogP contribution in [0.4, 0.5) is 5.69 Å². The number of anilines is 1. The Morgan fingerprint density at radius 1 is 1.16 bits per heavy atom. The van der Waals surface area contributed by atoms with Crippen molar-refractivity contribution in [2.75, 3.05) is 31.1 Å². The lowest BCUT2D eigenvalue weighted by Gasteiger charge is -2.18. The molecule has 25 heavy (non-hydrogen) atoms. The molecule has 0 spiro atoms. The zero-order valence-corrected chi connectivity index (χ0v) is 15.0. The summed E-state index contributed by atoms with van der Waals surface area (Å²) in [7, 11) is 0. The van der Waals surface area contributed by atoms with Crippen molar-refractivity contribution in [3.8, 4) is 5.75 Å². The van der Waals surface area contributed by atoms with E-state index in [1.165, 1.54) is 5.69 Å². The molecule has 1 unspecified atom stereocenters. The molecular weight excluding hydrogens is 312 g/mol. The number of hydrogen-bond acceptors (Lipinski definition) is 3. The summed E-state index contributed by atoms with van der Waals surface area (Å²) in [6.45, 7) is 6.86. The maximum Gasteiger partial charge on any atom is 0.257 e. The lowest BCUT2D eigenvalue weighted by Crippen LogP contribution is -2.34. The molecule has 3 rings (SSSR count). The molecule has 0 bridgehead atoms. The first-order valence-corrected chi connectivity index (χ1v) is 8.88. The van der Waals surface area contributed by atoms with Gasteiger partial charge in [0.1, 0.15) is 5.75 Å². The van der Waals surface area contributed by atoms with E-state index in [1.54, 1.807) is 0 Å². The minimum Gasteiger partial charge on any atom is -0.484 e. The predicted molar refractivity (Wildman–Crippen MR) is 101 cm³/mol. The standard InChI is InChI=1S/C21H26N2O2/c1-16-10-17(2)12-20(11-16)25-15-21(24)22-13-18-8-9-23(14-18)19-6-4-3-5-7-19/h3-7,10-12,18H,8-9,13-15H2,1-2H3,(H,22,24). The summed E-state index contributed by atoms with van der Waals surface area (Å²) in [5, 5.41) is 3.01. The number of carbonyl (C=O) groups is 1. The molecule has 4 heteroatoms. The topological polar surface area (TPSA) is 41.6 Å². The Hall–Kier alpha value is -2.49. The number of aryl methyl sites for hydroxylation is 2. The first-order valence-electron chi connectivity index (χ1n) is 8.88. The predicted octanol–water partition coefficient (Wildman–Crippen LogP) is 3.32. The largest absolute Gasteiger partial charge is 0.484 e. The molecule has 0 saturated carbocycles. The monoisotopic (exact) mass is 338 g/mol. The van der Waals surface area contributed by atoms with Gasteiger partial charge >= 0.3 is 0 Å². The van der Waals surface area contributed by atoms with Crippen molar-refractivity contribution in [2.24, 2.45) is 5.92 Å². The average Bonchev–Trinajstić information content (AvgIpc) is 3.07. The molecule has 2 aromatic carbocycles. The fourth-order valence-corrected chi connectivity index (χ4v) is 3.35. The molecule has 1 atom stereocenters. The molecule has 1 heterocycles. The summed E-state index contributed by atoms with van der Waals surface area (Å²) in [5.41, 5.74) is 3.54. The molecule has 1 fully saturated rings. The molecule has 0 aromatic heterocycles. The summed E-state index contributed by atoms with van der Waals surface area (Å²) in [6.07, 6.45) is 1.10. The smallest absolute Gasteiger partial charge is 0.257 e. The van der Waals surface area contributed by atoms with Gasteiger partial charge in [0.25, 0.3) is 5.91 Å². The van der Waals surface area contributed by atoms with E-state index in [1.807, 2.05) is 32.0 Å². The number of amides is 1. The SMILES string of the molecule is Cc1cc(C)cc(OCC(=O)NCC2CCN(c3ccccc3)C2)c1. The molecule has 1 N–H and O–H groups in total. The minimum atomic E-state index is -0.0580. The van der Waals surface area contributed by atoms with Crippen LogP contribution in [0.2, 0.25) is 0 Å². The molecule has 1 amide bonds. The number of para-hydroxylation sites is 1. The van der Waals surface area contributed by atoms with Crippen molar-refractivity contribution in [2.45, 2.75) is 20.3 Å². The van der Waals surface area contributed by atoms with Gasteiger partial charge in [0, 0.05) is 25.3 Å². The van der Waals surface area contributed by atoms with Gasteiger partial charge in [-0.25, -0.2) is 0 Å². The third-order valence-electron chi connectivity index (χ3n) is 4.56. The van der Waals surface area contributed by atoms with Gasteiger partial charge in [0.15, 0.2) is 6.61 Å². The summed E-state index contributed by atoms with van der Waals surface area (Å²) in [5.74, 6) is 1.19. The van der Waals surface area contributed by atoms with Crippen LogP contribution >= 0.6 is 0 Å². The van der Waals surface area contributed by atoms with E-state index in [-0.39, 0.29) is 12.5 Å². The summed E-state index contributed by atoms with van der Waals surface area (Å²) in [6, 6.07) is 16.4. The van der Waals surface area contributed by atoms with Crippen LogP contribution in [-0.2, 0) is 4.79 Å². The fraction of sp³-hybridized carbons (Fsp3) is 0.381. The first kappa shape index (κ1) is 17.3. The Morgan fingerprint density at radius 2 is 1.88 bits per heavy atom. The van der Waals surface area contributed by atoms with Crippen molar-refractivity contribution in [1.82, 2.24) is 5.32 Å². The maximum absolute atomic E-state index is 12.0. The van der Waals surface area contributed by atoms with Gasteiger partial charge in [0.05, 0.1) is 0 Å². The maximum atomic E-state index is 12.0. The molecule has 2 aromatic rings. The third kappa shape index (κ3) is 4.99. The van der Waals surface area contributed by atoms with Crippen LogP contribution in [0, 0.1) is 19.8 Å². The Kier molecular flexibility index (Phi) is 5.59. The Labute approximate surface area is 149 Å². The van der Waals surface area contributed by atoms with Crippen LogP contribution in [0.5, 0.6) is 5.75 Å². The second-order valence-electron chi connectivity index (χ2n) is 6.85. The minimum absolute atomic E-state index is 0.0580. The Bertz CT molecular complexity index is 695. The Balaban J connectivity index is 1.41. The van der Waals surface area contributed by atoms with Gasteiger partial charge in [-0.2, -0.15) is 0 Å². The molecular formula is C21H26N2O2. The zero-order chi connectivity index (χ0) is 17.6. The molecule has 1 saturated heterocycles. The number of nitrogens with zero attached hydrogens (tertiary/aromatic N) is 1. The van der Waals surface area contributed by atoms with Gasteiger partial charge in [-0.15, -0.1) is 0 Å². The zero-order valence-electron chi connectivity index (χ0n) is 15.0. The molecule has 0 aliphatic carbocycles. The number of ether oxygens (including phenoxy) is 1.